The van der Waals surface area contributed by atoms with E-state index in [0.717, 1.165) is 20.8 Å². The number of anilines is 1. The number of aryl methyl sites for hydroxylation is 2. The smallest absolute Gasteiger partial charge is 0.123 e. The van der Waals surface area contributed by atoms with Crippen LogP contribution < -0.4 is 16.8 Å². The van der Waals surface area contributed by atoms with Gasteiger partial charge in [0.25, 0.3) is 0 Å². The van der Waals surface area contributed by atoms with E-state index in [0.29, 0.717) is 15.2 Å². The Kier molecular flexibility index (Phi) is 10.7. The first kappa shape index (κ1) is 27.5. The van der Waals surface area contributed by atoms with Gasteiger partial charge in [0, 0.05) is 29.2 Å². The van der Waals surface area contributed by atoms with Crippen LogP contribution in [-0.4, -0.2) is 14.1 Å². The van der Waals surface area contributed by atoms with Crippen molar-refractivity contribution in [2.24, 2.45) is 16.5 Å². The Morgan fingerprint density at radius 1 is 0.882 bits per heavy atom. The molecule has 6 nitrogen and oxygen atoms in total. The highest BCUT2D eigenvalue weighted by atomic mass is 127. The lowest BCUT2D eigenvalue weighted by Gasteiger charge is -2.08. The molecule has 10 heteroatoms. The lowest BCUT2D eigenvalue weighted by Crippen LogP contribution is -2.10. The van der Waals surface area contributed by atoms with Crippen molar-refractivity contribution < 1.29 is 8.78 Å². The molecule has 0 aliphatic carbocycles. The molecule has 3 rings (SSSR count). The Morgan fingerprint density at radius 2 is 1.38 bits per heavy atom. The van der Waals surface area contributed by atoms with Crippen LogP contribution in [0.4, 0.5) is 20.2 Å². The van der Waals surface area contributed by atoms with Gasteiger partial charge >= 0.3 is 0 Å². The second-order valence-electron chi connectivity index (χ2n) is 7.01. The summed E-state index contributed by atoms with van der Waals surface area (Å²) in [4.78, 5) is 4.38. The molecule has 2 aromatic carbocycles. The van der Waals surface area contributed by atoms with Crippen LogP contribution in [0.1, 0.15) is 11.4 Å². The molecular formula is C24H24F2I2N6. The predicted molar refractivity (Wildman–Crippen MR) is 154 cm³/mol. The molecule has 0 amide bonds. The van der Waals surface area contributed by atoms with Gasteiger partial charge in [0.1, 0.15) is 27.0 Å². The highest BCUT2D eigenvalue weighted by Gasteiger charge is 2.04. The molecule has 1 heterocycles. The summed E-state index contributed by atoms with van der Waals surface area (Å²) in [5.41, 5.74) is 14.9. The van der Waals surface area contributed by atoms with Crippen molar-refractivity contribution in [2.75, 3.05) is 5.32 Å². The quantitative estimate of drug-likeness (QED) is 0.101. The van der Waals surface area contributed by atoms with Crippen LogP contribution in [0.15, 0.2) is 81.5 Å². The van der Waals surface area contributed by atoms with Gasteiger partial charge in [-0.1, -0.05) is 0 Å². The molecule has 0 aliphatic rings. The van der Waals surface area contributed by atoms with Crippen LogP contribution in [0.5, 0.6) is 0 Å². The lowest BCUT2D eigenvalue weighted by atomic mass is 10.3. The van der Waals surface area contributed by atoms with Gasteiger partial charge in [-0.3, -0.25) is 5.41 Å². The van der Waals surface area contributed by atoms with Crippen LogP contribution in [0.25, 0.3) is 5.82 Å². The monoisotopic (exact) mass is 688 g/mol. The van der Waals surface area contributed by atoms with E-state index >= 15 is 0 Å². The molecule has 178 valence electrons. The number of rotatable bonds is 6. The van der Waals surface area contributed by atoms with E-state index in [9.17, 15) is 8.78 Å². The number of aromatic nitrogens is 1. The second kappa shape index (κ2) is 13.2. The molecule has 0 atom stereocenters. The number of benzene rings is 2. The van der Waals surface area contributed by atoms with E-state index in [1.807, 2.05) is 53.1 Å². The summed E-state index contributed by atoms with van der Waals surface area (Å²) >= 11 is 4.11. The lowest BCUT2D eigenvalue weighted by molar-refractivity contribution is 0.627. The summed E-state index contributed by atoms with van der Waals surface area (Å²) in [6.45, 7) is 4.00. The van der Waals surface area contributed by atoms with Crippen LogP contribution in [-0.2, 0) is 0 Å². The van der Waals surface area contributed by atoms with E-state index < -0.39 is 0 Å². The van der Waals surface area contributed by atoms with Crippen LogP contribution in [0.2, 0.25) is 0 Å². The maximum absolute atomic E-state index is 12.8. The van der Waals surface area contributed by atoms with Crippen molar-refractivity contribution in [1.29, 1.82) is 5.41 Å². The average Bonchev–Trinajstić information content (AvgIpc) is 3.09. The Balaban J connectivity index is 0.000000257. The third kappa shape index (κ3) is 9.25. The van der Waals surface area contributed by atoms with E-state index in [4.69, 9.17) is 16.9 Å². The minimum Gasteiger partial charge on any atom is -0.385 e. The molecule has 0 saturated heterocycles. The van der Waals surface area contributed by atoms with Gasteiger partial charge in [-0.15, -0.1) is 0 Å². The first-order valence-electron chi connectivity index (χ1n) is 9.91. The molecule has 6 N–H and O–H groups in total. The van der Waals surface area contributed by atoms with Crippen molar-refractivity contribution in [2.45, 2.75) is 13.8 Å². The molecule has 1 aromatic heterocycles. The largest absolute Gasteiger partial charge is 0.385 e. The van der Waals surface area contributed by atoms with Gasteiger partial charge in [-0.2, -0.15) is 0 Å². The number of nitrogens with two attached hydrogens (primary N) is 2. The topological polar surface area (TPSA) is 105 Å². The first-order chi connectivity index (χ1) is 16.0. The average molecular weight is 688 g/mol. The minimum absolute atomic E-state index is 0.0241. The standard InChI is InChI=1S/C15H15FIN3.C9H9FIN3/c1-10-3-4-11(2)20(10)15(18)9-14(17)19-13-7-5-12(16)6-8-13;10-6-1-3-7(4-2-6)14-8(11)5-9(12)13/h3-9H,18H2,1-2H3;1-5,14H,(H3,12,13)/b;8-5-. The molecule has 0 radical (unpaired) electrons. The zero-order valence-corrected chi connectivity index (χ0v) is 22.8. The van der Waals surface area contributed by atoms with Crippen LogP contribution in [0.3, 0.4) is 0 Å². The SMILES string of the molecule is Cc1ccc(C)n1C(N)=CC(I)=Nc1ccc(F)cc1.N=C(N)/C=C(/I)Nc1ccc(F)cc1. The van der Waals surface area contributed by atoms with Gasteiger partial charge in [-0.25, -0.2) is 13.8 Å². The van der Waals surface area contributed by atoms with Crippen molar-refractivity contribution in [1.82, 2.24) is 4.57 Å². The van der Waals surface area contributed by atoms with Crippen molar-refractivity contribution in [3.8, 4) is 0 Å². The van der Waals surface area contributed by atoms with Gasteiger partial charge in [0.15, 0.2) is 0 Å². The van der Waals surface area contributed by atoms with Crippen molar-refractivity contribution in [3.05, 3.63) is 99.5 Å². The molecule has 0 spiro atoms. The summed E-state index contributed by atoms with van der Waals surface area (Å²) in [5.74, 6) is 0.0398. The number of amidine groups is 1. The maximum Gasteiger partial charge on any atom is 0.123 e. The molecule has 0 saturated carbocycles. The Labute approximate surface area is 224 Å². The summed E-state index contributed by atoms with van der Waals surface area (Å²) in [5, 5.41) is 9.98. The number of allylic oxidation sites excluding steroid dienone is 1. The van der Waals surface area contributed by atoms with Gasteiger partial charge < -0.3 is 21.4 Å². The van der Waals surface area contributed by atoms with Crippen LogP contribution >= 0.6 is 45.2 Å². The normalized spacial score (nSPS) is 12.1. The number of hydrogen-bond acceptors (Lipinski definition) is 4. The van der Waals surface area contributed by atoms with E-state index in [2.05, 4.69) is 32.9 Å². The molecule has 0 fully saturated rings. The van der Waals surface area contributed by atoms with E-state index in [1.165, 1.54) is 30.3 Å². The Hall–Kier alpha value is -2.74. The number of halogens is 4. The number of aliphatic imine (C=N–C) groups is 1. The molecule has 34 heavy (non-hydrogen) atoms. The third-order valence-electron chi connectivity index (χ3n) is 4.25. The van der Waals surface area contributed by atoms with Gasteiger partial charge in [0.2, 0.25) is 0 Å². The summed E-state index contributed by atoms with van der Waals surface area (Å²) in [6.07, 6.45) is 3.27. The molecule has 3 aromatic rings. The molecule has 0 unspecified atom stereocenters. The molecule has 0 aliphatic heterocycles. The van der Waals surface area contributed by atoms with Gasteiger partial charge in [0.05, 0.1) is 9.39 Å². The summed E-state index contributed by atoms with van der Waals surface area (Å²) in [6, 6.07) is 16.0. The van der Waals surface area contributed by atoms with E-state index in [1.54, 1.807) is 30.3 Å². The Bertz CT molecular complexity index is 1190. The van der Waals surface area contributed by atoms with Gasteiger partial charge in [-0.05, 0) is 120 Å². The third-order valence-corrected chi connectivity index (χ3v) is 5.38. The molecular weight excluding hydrogens is 664 g/mol. The minimum atomic E-state index is -0.277. The number of nitrogens with zero attached hydrogens (tertiary/aromatic N) is 2. The first-order valence-corrected chi connectivity index (χ1v) is 12.1. The van der Waals surface area contributed by atoms with E-state index in [-0.39, 0.29) is 17.5 Å². The zero-order chi connectivity index (χ0) is 25.3. The highest BCUT2D eigenvalue weighted by molar-refractivity contribution is 14.1. The molecule has 0 bridgehead atoms. The summed E-state index contributed by atoms with van der Waals surface area (Å²) in [7, 11) is 0. The Morgan fingerprint density at radius 3 is 1.88 bits per heavy atom. The maximum atomic E-state index is 12.8. The zero-order valence-electron chi connectivity index (χ0n) is 18.5. The van der Waals surface area contributed by atoms with Crippen LogP contribution in [0, 0.1) is 30.9 Å². The fraction of sp³-hybridized carbons (Fsp3) is 0.0833. The summed E-state index contributed by atoms with van der Waals surface area (Å²) < 4.78 is 28.8. The van der Waals surface area contributed by atoms with Crippen molar-refractivity contribution >= 4 is 71.9 Å². The number of hydrogen-bond donors (Lipinski definition) is 4. The highest BCUT2D eigenvalue weighted by Crippen LogP contribution is 2.17. The fourth-order valence-electron chi connectivity index (χ4n) is 2.78. The number of nitrogens with one attached hydrogen (secondary N) is 2. The fourth-order valence-corrected chi connectivity index (χ4v) is 4.02. The predicted octanol–water partition coefficient (Wildman–Crippen LogP) is 6.62. The second-order valence-corrected chi connectivity index (χ2v) is 9.28. The van der Waals surface area contributed by atoms with Crippen molar-refractivity contribution in [3.63, 3.8) is 0 Å².